The molecule has 350 valence electrons. The first kappa shape index (κ1) is 42.5. The van der Waals surface area contributed by atoms with Crippen LogP contribution in [0.1, 0.15) is 109 Å². The van der Waals surface area contributed by atoms with Crippen LogP contribution >= 0.6 is 0 Å². The van der Waals surface area contributed by atoms with Gasteiger partial charge in [-0.25, -0.2) is 0 Å². The Morgan fingerprint density at radius 1 is 0.319 bits per heavy atom. The number of hydrogen-bond acceptors (Lipinski definition) is 1. The van der Waals surface area contributed by atoms with Gasteiger partial charge in [-0.05, 0) is 212 Å². The molecule has 0 N–H and O–H groups in total. The molecule has 1 atom stereocenters. The first-order valence-electron chi connectivity index (χ1n) is 27.4. The minimum atomic E-state index is -0.476. The molecule has 16 rings (SSSR count). The Morgan fingerprint density at radius 3 is 1.39 bits per heavy atom. The van der Waals surface area contributed by atoms with Crippen molar-refractivity contribution in [1.29, 1.82) is 0 Å². The minimum absolute atomic E-state index is 0.476. The van der Waals surface area contributed by atoms with Gasteiger partial charge in [-0.1, -0.05) is 189 Å². The highest BCUT2D eigenvalue weighted by molar-refractivity contribution is 5.97. The highest BCUT2D eigenvalue weighted by Crippen LogP contribution is 2.64. The van der Waals surface area contributed by atoms with Gasteiger partial charge < -0.3 is 4.90 Å². The van der Waals surface area contributed by atoms with Gasteiger partial charge in [0.25, 0.3) is 0 Å². The lowest BCUT2D eigenvalue weighted by atomic mass is 9.51. The third kappa shape index (κ3) is 6.65. The number of anilines is 3. The van der Waals surface area contributed by atoms with Crippen molar-refractivity contribution in [3.63, 3.8) is 0 Å². The molecule has 5 saturated carbocycles. The molecular formula is C71H61N. The van der Waals surface area contributed by atoms with Crippen LogP contribution in [0, 0.1) is 23.7 Å². The van der Waals surface area contributed by atoms with Crippen molar-refractivity contribution in [1.82, 2.24) is 0 Å². The van der Waals surface area contributed by atoms with E-state index in [1.54, 1.807) is 5.56 Å². The van der Waals surface area contributed by atoms with Gasteiger partial charge in [-0.15, -0.1) is 0 Å². The molecule has 0 aliphatic heterocycles. The van der Waals surface area contributed by atoms with Crippen LogP contribution in [-0.2, 0) is 5.41 Å². The van der Waals surface area contributed by atoms with E-state index in [-0.39, 0.29) is 0 Å². The number of nitrogens with zero attached hydrogens (tertiary/aromatic N) is 1. The van der Waals surface area contributed by atoms with Crippen molar-refractivity contribution in [2.24, 2.45) is 23.7 Å². The third-order valence-corrected chi connectivity index (χ3v) is 18.9. The van der Waals surface area contributed by atoms with E-state index in [1.807, 2.05) is 0 Å². The van der Waals surface area contributed by atoms with Gasteiger partial charge in [-0.3, -0.25) is 0 Å². The van der Waals surface area contributed by atoms with E-state index in [4.69, 9.17) is 0 Å². The molecule has 0 heterocycles. The first-order chi connectivity index (χ1) is 35.7. The second-order valence-corrected chi connectivity index (χ2v) is 22.6. The standard InChI is InChI=1S/C71H61N/c1-3-13-48(14-4-1)50-23-25-51(26-24-50)60-17-7-8-18-61(60)52-27-32-57(33-28-52)72(58-34-29-53(30-35-58)70-55-40-46-39-47(42-55)43-56(70)41-46)59-36-38-65-63-20-10-12-22-67(63)71(69(65)45-59)66-21-11-9-19-62(66)64-37-31-54(44-68(64)71)49-15-5-2-6-16-49/h2,5-12,15-38,44-48,55-56,70H,1,3-4,13-14,39-43H2. The Balaban J connectivity index is 0.866. The Morgan fingerprint density at radius 2 is 0.778 bits per heavy atom. The minimum Gasteiger partial charge on any atom is -0.310 e. The third-order valence-electron chi connectivity index (χ3n) is 18.9. The predicted molar refractivity (Wildman–Crippen MR) is 299 cm³/mol. The van der Waals surface area contributed by atoms with E-state index >= 15 is 0 Å². The van der Waals surface area contributed by atoms with Crippen LogP contribution in [0.25, 0.3) is 55.6 Å². The summed E-state index contributed by atoms with van der Waals surface area (Å²) in [5, 5.41) is 0. The molecule has 0 aromatic heterocycles. The molecule has 7 aliphatic rings. The average Bonchev–Trinajstić information content (AvgIpc) is 3.91. The van der Waals surface area contributed by atoms with E-state index < -0.39 is 5.41 Å². The van der Waals surface area contributed by atoms with E-state index in [0.717, 1.165) is 23.7 Å². The monoisotopic (exact) mass is 927 g/mol. The summed E-state index contributed by atoms with van der Waals surface area (Å²) in [7, 11) is 0. The molecule has 1 spiro atoms. The van der Waals surface area contributed by atoms with Crippen LogP contribution in [-0.4, -0.2) is 0 Å². The molecule has 1 heteroatoms. The molecule has 0 amide bonds. The maximum absolute atomic E-state index is 2.56. The summed E-state index contributed by atoms with van der Waals surface area (Å²) in [6.45, 7) is 0. The lowest BCUT2D eigenvalue weighted by Gasteiger charge is -2.54. The lowest BCUT2D eigenvalue weighted by Crippen LogP contribution is -2.43. The average molecular weight is 928 g/mol. The fraction of sp³-hybridized carbons (Fsp3) is 0.239. The summed E-state index contributed by atoms with van der Waals surface area (Å²) >= 11 is 0. The zero-order valence-electron chi connectivity index (χ0n) is 41.2. The number of hydrogen-bond donors (Lipinski definition) is 0. The highest BCUT2D eigenvalue weighted by Gasteiger charge is 2.52. The molecule has 7 aliphatic carbocycles. The van der Waals surface area contributed by atoms with E-state index in [1.165, 1.54) is 165 Å². The van der Waals surface area contributed by atoms with E-state index in [2.05, 4.69) is 217 Å². The van der Waals surface area contributed by atoms with Crippen molar-refractivity contribution in [3.8, 4) is 55.6 Å². The molecule has 0 radical (unpaired) electrons. The van der Waals surface area contributed by atoms with Crippen LogP contribution in [0.15, 0.2) is 212 Å². The Labute approximate surface area is 426 Å². The van der Waals surface area contributed by atoms with Gasteiger partial charge in [0.15, 0.2) is 0 Å². The van der Waals surface area contributed by atoms with E-state index in [9.17, 15) is 0 Å². The SMILES string of the molecule is c1ccc(-c2ccc3c(c2)C2(c4ccccc4-3)c3ccccc3-c3ccc(N(c4ccc(-c5ccccc5-c5ccc(C6CCCCC6)cc5)cc4)c4ccc(C5C6CC7CC(C6)CC5C7)cc4)cc32)cc1. The van der Waals surface area contributed by atoms with Gasteiger partial charge in [0.2, 0.25) is 0 Å². The quantitative estimate of drug-likeness (QED) is 0.147. The van der Waals surface area contributed by atoms with Crippen LogP contribution in [0.3, 0.4) is 0 Å². The molecule has 5 fully saturated rings. The van der Waals surface area contributed by atoms with Crippen molar-refractivity contribution in [2.45, 2.75) is 81.5 Å². The largest absolute Gasteiger partial charge is 0.310 e. The van der Waals surface area contributed by atoms with Crippen LogP contribution in [0.4, 0.5) is 17.1 Å². The molecule has 9 aromatic rings. The van der Waals surface area contributed by atoms with Crippen LogP contribution < -0.4 is 4.90 Å². The van der Waals surface area contributed by atoms with Crippen molar-refractivity contribution >= 4 is 17.1 Å². The lowest BCUT2D eigenvalue weighted by molar-refractivity contribution is -0.00277. The normalized spacial score (nSPS) is 23.1. The molecule has 4 bridgehead atoms. The zero-order valence-corrected chi connectivity index (χ0v) is 41.2. The number of fused-ring (bicyclic) bond motifs is 10. The number of benzene rings is 9. The summed E-state index contributed by atoms with van der Waals surface area (Å²) in [6, 6.07) is 81.9. The predicted octanol–water partition coefficient (Wildman–Crippen LogP) is 19.1. The molecule has 1 unspecified atom stereocenters. The smallest absolute Gasteiger partial charge is 0.0726 e. The van der Waals surface area contributed by atoms with Gasteiger partial charge in [0, 0.05) is 17.1 Å². The molecule has 9 aromatic carbocycles. The van der Waals surface area contributed by atoms with Crippen molar-refractivity contribution in [3.05, 3.63) is 246 Å². The van der Waals surface area contributed by atoms with Crippen molar-refractivity contribution in [2.75, 3.05) is 4.90 Å². The Hall–Kier alpha value is -7.22. The van der Waals surface area contributed by atoms with Crippen LogP contribution in [0.2, 0.25) is 0 Å². The molecule has 0 saturated heterocycles. The van der Waals surface area contributed by atoms with Crippen molar-refractivity contribution < 1.29 is 0 Å². The topological polar surface area (TPSA) is 3.24 Å². The second kappa shape index (κ2) is 17.0. The number of rotatable bonds is 8. The summed E-state index contributed by atoms with van der Waals surface area (Å²) in [5.74, 6) is 5.04. The maximum atomic E-state index is 2.56. The Kier molecular flexibility index (Phi) is 10.00. The second-order valence-electron chi connectivity index (χ2n) is 22.6. The summed E-state index contributed by atoms with van der Waals surface area (Å²) in [4.78, 5) is 2.54. The van der Waals surface area contributed by atoms with E-state index in [0.29, 0.717) is 11.8 Å². The molecule has 72 heavy (non-hydrogen) atoms. The maximum Gasteiger partial charge on any atom is 0.0726 e. The van der Waals surface area contributed by atoms with Gasteiger partial charge in [0.1, 0.15) is 0 Å². The van der Waals surface area contributed by atoms with Crippen LogP contribution in [0.5, 0.6) is 0 Å². The Bertz CT molecular complexity index is 3460. The first-order valence-corrected chi connectivity index (χ1v) is 27.4. The van der Waals surface area contributed by atoms with Gasteiger partial charge >= 0.3 is 0 Å². The van der Waals surface area contributed by atoms with Gasteiger partial charge in [-0.2, -0.15) is 0 Å². The summed E-state index contributed by atoms with van der Waals surface area (Å²) < 4.78 is 0. The molecular weight excluding hydrogens is 867 g/mol. The zero-order chi connectivity index (χ0) is 47.3. The molecule has 1 nitrogen and oxygen atoms in total. The summed E-state index contributed by atoms with van der Waals surface area (Å²) in [5.41, 5.74) is 24.5. The fourth-order valence-electron chi connectivity index (χ4n) is 16.0. The van der Waals surface area contributed by atoms with Gasteiger partial charge in [0.05, 0.1) is 5.41 Å². The summed E-state index contributed by atoms with van der Waals surface area (Å²) in [6.07, 6.45) is 14.0. The fourth-order valence-corrected chi connectivity index (χ4v) is 16.0. The highest BCUT2D eigenvalue weighted by atomic mass is 15.1.